The van der Waals surface area contributed by atoms with E-state index in [0.29, 0.717) is 17.0 Å². The Hall–Kier alpha value is -0.880. The molecule has 0 aromatic carbocycles. The van der Waals surface area contributed by atoms with E-state index in [9.17, 15) is 4.79 Å². The molecule has 0 aromatic heterocycles. The van der Waals surface area contributed by atoms with Gasteiger partial charge in [0.1, 0.15) is 0 Å². The molecule has 19 heavy (non-hydrogen) atoms. The van der Waals surface area contributed by atoms with Gasteiger partial charge >= 0.3 is 0 Å². The number of halogens is 1. The van der Waals surface area contributed by atoms with E-state index >= 15 is 0 Å². The fraction of sp³-hybridized carbons (Fsp3) is 0.400. The predicted octanol–water partition coefficient (Wildman–Crippen LogP) is 2.86. The third kappa shape index (κ3) is 8.77. The molecule has 4 heteroatoms. The van der Waals surface area contributed by atoms with Crippen molar-refractivity contribution >= 4 is 28.5 Å². The molecule has 0 spiro atoms. The standard InChI is InChI=1S/C15H21IN2O/c1-13(16)17-11-12-18-15(19)10-9-14-7-5-3-2-4-6-8-14/h2-8,13,17H,9-12H2,1H3,(H,18,19)/b3-2-,4-2?,5-3?,6-4-,7-5?,8-6?,14-7?,14-8?. The second kappa shape index (κ2) is 9.97. The molecule has 0 radical (unpaired) electrons. The van der Waals surface area contributed by atoms with Gasteiger partial charge in [-0.2, -0.15) is 0 Å². The van der Waals surface area contributed by atoms with E-state index in [0.717, 1.165) is 13.0 Å². The van der Waals surface area contributed by atoms with Crippen LogP contribution in [0.25, 0.3) is 0 Å². The molecule has 0 heterocycles. The molecule has 1 rings (SSSR count). The summed E-state index contributed by atoms with van der Waals surface area (Å²) in [6.45, 7) is 3.58. The van der Waals surface area contributed by atoms with Gasteiger partial charge in [0.15, 0.2) is 0 Å². The lowest BCUT2D eigenvalue weighted by atomic mass is 10.1. The van der Waals surface area contributed by atoms with E-state index in [1.165, 1.54) is 5.57 Å². The highest BCUT2D eigenvalue weighted by molar-refractivity contribution is 14.1. The van der Waals surface area contributed by atoms with Crippen molar-refractivity contribution in [3.63, 3.8) is 0 Å². The van der Waals surface area contributed by atoms with Crippen LogP contribution in [0.2, 0.25) is 0 Å². The maximum Gasteiger partial charge on any atom is 0.220 e. The highest BCUT2D eigenvalue weighted by Gasteiger charge is 2.02. The van der Waals surface area contributed by atoms with E-state index in [-0.39, 0.29) is 5.91 Å². The van der Waals surface area contributed by atoms with Crippen LogP contribution in [0.5, 0.6) is 0 Å². The maximum absolute atomic E-state index is 11.7. The van der Waals surface area contributed by atoms with Gasteiger partial charge in [0.05, 0.1) is 4.05 Å². The minimum Gasteiger partial charge on any atom is -0.355 e. The van der Waals surface area contributed by atoms with Crippen molar-refractivity contribution in [3.05, 3.63) is 48.1 Å². The molecule has 104 valence electrons. The number of amides is 1. The molecule has 1 unspecified atom stereocenters. The smallest absolute Gasteiger partial charge is 0.220 e. The van der Waals surface area contributed by atoms with Crippen LogP contribution in [-0.4, -0.2) is 23.0 Å². The Morgan fingerprint density at radius 2 is 1.95 bits per heavy atom. The summed E-state index contributed by atoms with van der Waals surface area (Å²) in [5, 5.41) is 6.17. The lowest BCUT2D eigenvalue weighted by Gasteiger charge is -2.08. The molecule has 2 N–H and O–H groups in total. The predicted molar refractivity (Wildman–Crippen MR) is 89.2 cm³/mol. The molecule has 1 amide bonds. The van der Waals surface area contributed by atoms with Crippen LogP contribution in [0.4, 0.5) is 0 Å². The van der Waals surface area contributed by atoms with Crippen LogP contribution in [0.1, 0.15) is 19.8 Å². The Morgan fingerprint density at radius 1 is 1.21 bits per heavy atom. The monoisotopic (exact) mass is 372 g/mol. The van der Waals surface area contributed by atoms with E-state index in [4.69, 9.17) is 0 Å². The summed E-state index contributed by atoms with van der Waals surface area (Å²) >= 11 is 2.30. The Morgan fingerprint density at radius 3 is 2.74 bits per heavy atom. The summed E-state index contributed by atoms with van der Waals surface area (Å²) in [6.07, 6.45) is 15.4. The van der Waals surface area contributed by atoms with Gasteiger partial charge < -0.3 is 10.6 Å². The van der Waals surface area contributed by atoms with Gasteiger partial charge in [0.25, 0.3) is 0 Å². The number of carbonyl (C=O) groups excluding carboxylic acids is 1. The first-order chi connectivity index (χ1) is 9.18. The third-order valence-electron chi connectivity index (χ3n) is 2.58. The normalized spacial score (nSPS) is 18.9. The van der Waals surface area contributed by atoms with Crippen molar-refractivity contribution in [2.24, 2.45) is 0 Å². The summed E-state index contributed by atoms with van der Waals surface area (Å²) in [7, 11) is 0. The molecule has 0 aliphatic heterocycles. The van der Waals surface area contributed by atoms with Crippen LogP contribution >= 0.6 is 22.6 Å². The Bertz CT molecular complexity index is 395. The van der Waals surface area contributed by atoms with Gasteiger partial charge in [-0.1, -0.05) is 65.1 Å². The fourth-order valence-corrected chi connectivity index (χ4v) is 1.90. The first kappa shape index (κ1) is 16.2. The molecular weight excluding hydrogens is 351 g/mol. The van der Waals surface area contributed by atoms with Crippen LogP contribution in [0, 0.1) is 0 Å². The Kier molecular flexibility index (Phi) is 8.49. The molecule has 0 fully saturated rings. The van der Waals surface area contributed by atoms with Gasteiger partial charge in [-0.3, -0.25) is 4.79 Å². The van der Waals surface area contributed by atoms with Gasteiger partial charge in [0, 0.05) is 19.5 Å². The number of alkyl halides is 1. The van der Waals surface area contributed by atoms with Crippen molar-refractivity contribution in [1.29, 1.82) is 0 Å². The summed E-state index contributed by atoms with van der Waals surface area (Å²) < 4.78 is 0.430. The molecule has 0 bridgehead atoms. The van der Waals surface area contributed by atoms with E-state index < -0.39 is 0 Å². The summed E-state index contributed by atoms with van der Waals surface area (Å²) in [6, 6.07) is 0. The molecule has 0 saturated heterocycles. The third-order valence-corrected chi connectivity index (χ3v) is 3.02. The van der Waals surface area contributed by atoms with Crippen molar-refractivity contribution in [2.75, 3.05) is 13.1 Å². The summed E-state index contributed by atoms with van der Waals surface area (Å²) in [5.74, 6) is 0.110. The molecule has 1 atom stereocenters. The van der Waals surface area contributed by atoms with Crippen molar-refractivity contribution in [3.8, 4) is 0 Å². The number of rotatable bonds is 7. The second-order valence-electron chi connectivity index (χ2n) is 4.29. The molecule has 1 aliphatic rings. The zero-order valence-electron chi connectivity index (χ0n) is 11.2. The first-order valence-corrected chi connectivity index (χ1v) is 7.78. The summed E-state index contributed by atoms with van der Waals surface area (Å²) in [4.78, 5) is 11.7. The minimum absolute atomic E-state index is 0.110. The van der Waals surface area contributed by atoms with Gasteiger partial charge in [-0.25, -0.2) is 0 Å². The second-order valence-corrected chi connectivity index (χ2v) is 6.16. The van der Waals surface area contributed by atoms with Gasteiger partial charge in [-0.05, 0) is 18.9 Å². The zero-order valence-corrected chi connectivity index (χ0v) is 13.4. The number of allylic oxidation sites excluding steroid dienone is 8. The van der Waals surface area contributed by atoms with Crippen LogP contribution in [0.15, 0.2) is 48.1 Å². The first-order valence-electron chi connectivity index (χ1n) is 6.53. The zero-order chi connectivity index (χ0) is 13.9. The topological polar surface area (TPSA) is 41.1 Å². The van der Waals surface area contributed by atoms with Crippen LogP contribution in [-0.2, 0) is 4.79 Å². The average Bonchev–Trinajstić information content (AvgIpc) is 2.33. The van der Waals surface area contributed by atoms with Crippen LogP contribution < -0.4 is 10.6 Å². The van der Waals surface area contributed by atoms with Crippen LogP contribution in [0.3, 0.4) is 0 Å². The van der Waals surface area contributed by atoms with E-state index in [1.54, 1.807) is 0 Å². The number of carbonyl (C=O) groups is 1. The quantitative estimate of drug-likeness (QED) is 0.312. The van der Waals surface area contributed by atoms with E-state index in [1.807, 2.05) is 42.5 Å². The molecular formula is C15H21IN2O. The highest BCUT2D eigenvalue weighted by Crippen LogP contribution is 2.09. The van der Waals surface area contributed by atoms with Crippen molar-refractivity contribution in [2.45, 2.75) is 23.8 Å². The fourth-order valence-electron chi connectivity index (χ4n) is 1.59. The maximum atomic E-state index is 11.7. The number of hydrogen-bond acceptors (Lipinski definition) is 2. The average molecular weight is 372 g/mol. The van der Waals surface area contributed by atoms with E-state index in [2.05, 4.69) is 40.1 Å². The van der Waals surface area contributed by atoms with Crippen molar-refractivity contribution < 1.29 is 4.79 Å². The highest BCUT2D eigenvalue weighted by atomic mass is 127. The Labute approximate surface area is 129 Å². The molecule has 1 aliphatic carbocycles. The number of nitrogens with one attached hydrogen (secondary N) is 2. The summed E-state index contributed by atoms with van der Waals surface area (Å²) in [5.41, 5.74) is 1.18. The van der Waals surface area contributed by atoms with Gasteiger partial charge in [0.2, 0.25) is 5.91 Å². The minimum atomic E-state index is 0.110. The van der Waals surface area contributed by atoms with Gasteiger partial charge in [-0.15, -0.1) is 0 Å². The molecule has 0 aromatic rings. The van der Waals surface area contributed by atoms with Crippen molar-refractivity contribution in [1.82, 2.24) is 10.6 Å². The SMILES string of the molecule is CC(I)NCCNC(=O)CCC1=C/C=C\C=C/C=C1. The lowest BCUT2D eigenvalue weighted by Crippen LogP contribution is -2.33. The lowest BCUT2D eigenvalue weighted by molar-refractivity contribution is -0.121. The molecule has 3 nitrogen and oxygen atoms in total. The Balaban J connectivity index is 2.19. The largest absolute Gasteiger partial charge is 0.355 e. The number of hydrogen-bond donors (Lipinski definition) is 2. The molecule has 0 saturated carbocycles.